The fourth-order valence-electron chi connectivity index (χ4n) is 1.88. The SMILES string of the molecule is Cc1ccc(-c2csc(NC(=O)CCSCC(N)=O)n2)cc1C. The lowest BCUT2D eigenvalue weighted by Gasteiger charge is -2.03. The van der Waals surface area contributed by atoms with Gasteiger partial charge < -0.3 is 11.1 Å². The Morgan fingerprint density at radius 1 is 1.30 bits per heavy atom. The number of benzene rings is 1. The Hall–Kier alpha value is -1.86. The van der Waals surface area contributed by atoms with Crippen LogP contribution in [0.25, 0.3) is 11.3 Å². The van der Waals surface area contributed by atoms with Gasteiger partial charge in [0.15, 0.2) is 5.13 Å². The van der Waals surface area contributed by atoms with Crippen molar-refractivity contribution in [2.75, 3.05) is 16.8 Å². The second-order valence-corrected chi connectivity index (χ2v) is 7.12. The van der Waals surface area contributed by atoms with Crippen molar-refractivity contribution in [2.45, 2.75) is 20.3 Å². The van der Waals surface area contributed by atoms with Crippen molar-refractivity contribution in [2.24, 2.45) is 5.73 Å². The van der Waals surface area contributed by atoms with Crippen LogP contribution in [0, 0.1) is 13.8 Å². The Bertz CT molecular complexity index is 713. The number of thioether (sulfide) groups is 1. The first-order valence-electron chi connectivity index (χ1n) is 7.15. The minimum absolute atomic E-state index is 0.108. The maximum absolute atomic E-state index is 11.8. The van der Waals surface area contributed by atoms with E-state index >= 15 is 0 Å². The number of rotatable bonds is 7. The molecule has 0 aliphatic rings. The summed E-state index contributed by atoms with van der Waals surface area (Å²) in [7, 11) is 0. The summed E-state index contributed by atoms with van der Waals surface area (Å²) in [5.74, 6) is 0.322. The monoisotopic (exact) mass is 349 g/mol. The van der Waals surface area contributed by atoms with Gasteiger partial charge in [-0.3, -0.25) is 9.59 Å². The highest BCUT2D eigenvalue weighted by Gasteiger charge is 2.09. The minimum atomic E-state index is -0.367. The molecule has 0 radical (unpaired) electrons. The van der Waals surface area contributed by atoms with Crippen LogP contribution < -0.4 is 11.1 Å². The lowest BCUT2D eigenvalue weighted by Crippen LogP contribution is -2.15. The van der Waals surface area contributed by atoms with Gasteiger partial charge >= 0.3 is 0 Å². The van der Waals surface area contributed by atoms with E-state index in [1.165, 1.54) is 34.2 Å². The predicted octanol–water partition coefficient (Wildman–Crippen LogP) is 2.97. The number of aromatic nitrogens is 1. The third-order valence-corrected chi connectivity index (χ3v) is 5.01. The molecule has 1 aromatic heterocycles. The Balaban J connectivity index is 1.90. The smallest absolute Gasteiger partial charge is 0.227 e. The van der Waals surface area contributed by atoms with Gasteiger partial charge in [0.05, 0.1) is 11.4 Å². The lowest BCUT2D eigenvalue weighted by atomic mass is 10.1. The van der Waals surface area contributed by atoms with Crippen LogP contribution in [0.4, 0.5) is 5.13 Å². The van der Waals surface area contributed by atoms with Crippen LogP contribution in [0.5, 0.6) is 0 Å². The average molecular weight is 349 g/mol. The van der Waals surface area contributed by atoms with E-state index in [0.717, 1.165) is 11.3 Å². The number of nitrogens with zero attached hydrogens (tertiary/aromatic N) is 1. The highest BCUT2D eigenvalue weighted by molar-refractivity contribution is 7.99. The summed E-state index contributed by atoms with van der Waals surface area (Å²) >= 11 is 2.76. The van der Waals surface area contributed by atoms with Crippen molar-refractivity contribution in [3.8, 4) is 11.3 Å². The van der Waals surface area contributed by atoms with Crippen LogP contribution in [0.1, 0.15) is 17.5 Å². The molecule has 0 saturated heterocycles. The molecule has 1 aromatic carbocycles. The van der Waals surface area contributed by atoms with Crippen molar-refractivity contribution in [1.29, 1.82) is 0 Å². The molecule has 122 valence electrons. The van der Waals surface area contributed by atoms with Gasteiger partial charge in [-0.1, -0.05) is 12.1 Å². The Kier molecular flexibility index (Phi) is 6.18. The zero-order valence-corrected chi connectivity index (χ0v) is 14.7. The summed E-state index contributed by atoms with van der Waals surface area (Å²) in [6, 6.07) is 6.19. The molecular formula is C16H19N3O2S2. The van der Waals surface area contributed by atoms with E-state index in [9.17, 15) is 9.59 Å². The third-order valence-electron chi connectivity index (χ3n) is 3.27. The summed E-state index contributed by atoms with van der Waals surface area (Å²) in [6.45, 7) is 4.14. The second kappa shape index (κ2) is 8.12. The lowest BCUT2D eigenvalue weighted by molar-refractivity contribution is -0.116. The molecule has 0 fully saturated rings. The fraction of sp³-hybridized carbons (Fsp3) is 0.312. The number of carbonyl (C=O) groups is 2. The number of hydrogen-bond acceptors (Lipinski definition) is 5. The van der Waals surface area contributed by atoms with E-state index in [4.69, 9.17) is 5.73 Å². The predicted molar refractivity (Wildman–Crippen MR) is 96.8 cm³/mol. The van der Waals surface area contributed by atoms with Gasteiger partial charge in [-0.05, 0) is 31.0 Å². The molecule has 0 bridgehead atoms. The zero-order valence-electron chi connectivity index (χ0n) is 13.1. The second-order valence-electron chi connectivity index (χ2n) is 5.15. The van der Waals surface area contributed by atoms with Crippen LogP contribution in [0.2, 0.25) is 0 Å². The maximum atomic E-state index is 11.8. The van der Waals surface area contributed by atoms with Crippen molar-refractivity contribution in [3.05, 3.63) is 34.7 Å². The molecule has 2 amide bonds. The molecule has 5 nitrogen and oxygen atoms in total. The van der Waals surface area contributed by atoms with Crippen molar-refractivity contribution < 1.29 is 9.59 Å². The number of amides is 2. The summed E-state index contributed by atoms with van der Waals surface area (Å²) < 4.78 is 0. The Labute approximate surface area is 143 Å². The van der Waals surface area contributed by atoms with Crippen LogP contribution in [-0.2, 0) is 9.59 Å². The van der Waals surface area contributed by atoms with Gasteiger partial charge in [0.25, 0.3) is 0 Å². The number of primary amides is 1. The zero-order chi connectivity index (χ0) is 16.8. The highest BCUT2D eigenvalue weighted by atomic mass is 32.2. The number of hydrogen-bond donors (Lipinski definition) is 2. The van der Waals surface area contributed by atoms with E-state index in [1.54, 1.807) is 0 Å². The van der Waals surface area contributed by atoms with Crippen molar-refractivity contribution in [1.82, 2.24) is 4.98 Å². The molecule has 2 rings (SSSR count). The van der Waals surface area contributed by atoms with Gasteiger partial charge in [-0.25, -0.2) is 4.98 Å². The molecule has 1 heterocycles. The van der Waals surface area contributed by atoms with E-state index in [1.807, 2.05) is 11.4 Å². The molecule has 0 saturated carbocycles. The fourth-order valence-corrected chi connectivity index (χ4v) is 3.29. The molecule has 0 aliphatic carbocycles. The Morgan fingerprint density at radius 3 is 2.78 bits per heavy atom. The number of thiazole rings is 1. The van der Waals surface area contributed by atoms with E-state index in [0.29, 0.717) is 17.3 Å². The normalized spacial score (nSPS) is 10.5. The number of carbonyl (C=O) groups excluding carboxylic acids is 2. The van der Waals surface area contributed by atoms with Crippen molar-refractivity contribution >= 4 is 40.0 Å². The summed E-state index contributed by atoms with van der Waals surface area (Å²) in [6.07, 6.45) is 0.330. The topological polar surface area (TPSA) is 85.1 Å². The minimum Gasteiger partial charge on any atom is -0.369 e. The molecule has 0 aliphatic heterocycles. The first-order valence-corrected chi connectivity index (χ1v) is 9.18. The molecular weight excluding hydrogens is 330 g/mol. The molecule has 0 unspecified atom stereocenters. The molecule has 0 atom stereocenters. The summed E-state index contributed by atoms with van der Waals surface area (Å²) in [5, 5.41) is 5.30. The molecule has 23 heavy (non-hydrogen) atoms. The molecule has 7 heteroatoms. The first kappa shape index (κ1) is 17.5. The first-order chi connectivity index (χ1) is 11.0. The number of nitrogens with one attached hydrogen (secondary N) is 1. The van der Waals surface area contributed by atoms with Crippen LogP contribution >= 0.6 is 23.1 Å². The van der Waals surface area contributed by atoms with Crippen molar-refractivity contribution in [3.63, 3.8) is 0 Å². The van der Waals surface area contributed by atoms with Gasteiger partial charge in [-0.15, -0.1) is 11.3 Å². The number of aryl methyl sites for hydroxylation is 2. The van der Waals surface area contributed by atoms with Gasteiger partial charge in [0.2, 0.25) is 11.8 Å². The van der Waals surface area contributed by atoms with Gasteiger partial charge in [0, 0.05) is 23.1 Å². The average Bonchev–Trinajstić information content (AvgIpc) is 2.95. The maximum Gasteiger partial charge on any atom is 0.227 e. The quantitative estimate of drug-likeness (QED) is 0.753. The highest BCUT2D eigenvalue weighted by Crippen LogP contribution is 2.26. The summed E-state index contributed by atoms with van der Waals surface area (Å²) in [4.78, 5) is 26.9. The molecule has 0 spiro atoms. The summed E-state index contributed by atoms with van der Waals surface area (Å²) in [5.41, 5.74) is 9.40. The third kappa shape index (κ3) is 5.37. The number of nitrogens with two attached hydrogens (primary N) is 1. The van der Waals surface area contributed by atoms with Crippen LogP contribution in [0.15, 0.2) is 23.6 Å². The van der Waals surface area contributed by atoms with Gasteiger partial charge in [0.1, 0.15) is 0 Å². The van der Waals surface area contributed by atoms with E-state index < -0.39 is 0 Å². The van der Waals surface area contributed by atoms with Crippen LogP contribution in [-0.4, -0.2) is 28.3 Å². The van der Waals surface area contributed by atoms with Gasteiger partial charge in [-0.2, -0.15) is 11.8 Å². The van der Waals surface area contributed by atoms with Crippen LogP contribution in [0.3, 0.4) is 0 Å². The molecule has 2 aromatic rings. The van der Waals surface area contributed by atoms with E-state index in [2.05, 4.69) is 36.3 Å². The Morgan fingerprint density at radius 2 is 2.09 bits per heavy atom. The standard InChI is InChI=1S/C16H19N3O2S2/c1-10-3-4-12(7-11(10)2)13-8-23-16(18-13)19-15(21)5-6-22-9-14(17)20/h3-4,7-8H,5-6,9H2,1-2H3,(H2,17,20)(H,18,19,21). The number of anilines is 1. The molecule has 3 N–H and O–H groups in total. The largest absolute Gasteiger partial charge is 0.369 e. The van der Waals surface area contributed by atoms with E-state index in [-0.39, 0.29) is 17.6 Å².